The summed E-state index contributed by atoms with van der Waals surface area (Å²) in [7, 11) is 0. The molecule has 0 unspecified atom stereocenters. The Kier molecular flexibility index (Phi) is 8.90. The van der Waals surface area contributed by atoms with Crippen LogP contribution in [0, 0.1) is 0 Å². The summed E-state index contributed by atoms with van der Waals surface area (Å²) in [6.45, 7) is 3.11. The van der Waals surface area contributed by atoms with Gasteiger partial charge in [-0.2, -0.15) is 4.98 Å². The summed E-state index contributed by atoms with van der Waals surface area (Å²) in [5, 5.41) is 4.03. The van der Waals surface area contributed by atoms with Crippen molar-refractivity contribution in [1.29, 1.82) is 0 Å². The van der Waals surface area contributed by atoms with Crippen molar-refractivity contribution in [2.24, 2.45) is 0 Å². The maximum absolute atomic E-state index is 11.5. The van der Waals surface area contributed by atoms with E-state index in [-0.39, 0.29) is 35.6 Å². The highest BCUT2D eigenvalue weighted by Gasteiger charge is 2.19. The summed E-state index contributed by atoms with van der Waals surface area (Å²) < 4.78 is 8.99. The fourth-order valence-corrected chi connectivity index (χ4v) is 1.43. The number of halogens is 1. The van der Waals surface area contributed by atoms with Crippen LogP contribution < -0.4 is 10.6 Å². The van der Waals surface area contributed by atoms with Crippen molar-refractivity contribution in [1.82, 2.24) is 9.97 Å². The third kappa shape index (κ3) is 6.54. The second-order valence-electron chi connectivity index (χ2n) is 3.75. The Labute approximate surface area is 141 Å². The molecule has 0 saturated carbocycles. The molecule has 0 radical (unpaired) electrons. The van der Waals surface area contributed by atoms with Gasteiger partial charge in [0.15, 0.2) is 0 Å². The molecule has 0 atom stereocenters. The standard InChI is InChI=1S/C12H13ClN4O6.H2O/c1-3-22-10(20)8(18)15-7-5-6(13)14-12(16-7)17-9(19)11(21)23-4-2;/h5H,3-4H2,1-2H3,(H2,14,15,16,17,18,19);1H2. The van der Waals surface area contributed by atoms with Crippen molar-refractivity contribution in [2.45, 2.75) is 13.8 Å². The molecule has 2 amide bonds. The van der Waals surface area contributed by atoms with Crippen LogP contribution in [0.15, 0.2) is 6.07 Å². The van der Waals surface area contributed by atoms with Gasteiger partial charge in [0.05, 0.1) is 13.2 Å². The number of anilines is 2. The zero-order valence-corrected chi connectivity index (χ0v) is 13.5. The average Bonchev–Trinajstić information content (AvgIpc) is 2.46. The van der Waals surface area contributed by atoms with E-state index in [0.717, 1.165) is 6.07 Å². The van der Waals surface area contributed by atoms with Crippen LogP contribution in [0.5, 0.6) is 0 Å². The van der Waals surface area contributed by atoms with E-state index in [4.69, 9.17) is 11.6 Å². The maximum Gasteiger partial charge on any atom is 0.397 e. The second kappa shape index (κ2) is 10.1. The van der Waals surface area contributed by atoms with Crippen molar-refractivity contribution in [2.75, 3.05) is 23.8 Å². The molecule has 1 heterocycles. The van der Waals surface area contributed by atoms with Crippen molar-refractivity contribution in [3.05, 3.63) is 11.2 Å². The van der Waals surface area contributed by atoms with E-state index in [1.54, 1.807) is 0 Å². The van der Waals surface area contributed by atoms with Crippen molar-refractivity contribution in [3.63, 3.8) is 0 Å². The van der Waals surface area contributed by atoms with E-state index in [1.165, 1.54) is 13.8 Å². The van der Waals surface area contributed by atoms with Gasteiger partial charge in [-0.3, -0.25) is 14.9 Å². The molecule has 0 aliphatic carbocycles. The number of nitrogens with one attached hydrogen (secondary N) is 2. The van der Waals surface area contributed by atoms with Crippen LogP contribution in [0.25, 0.3) is 0 Å². The summed E-state index contributed by atoms with van der Waals surface area (Å²) in [5.41, 5.74) is 0. The molecule has 0 aliphatic heterocycles. The predicted molar refractivity (Wildman–Crippen MR) is 81.2 cm³/mol. The van der Waals surface area contributed by atoms with Crippen LogP contribution in [0.4, 0.5) is 11.8 Å². The molecule has 1 aromatic heterocycles. The van der Waals surface area contributed by atoms with Gasteiger partial charge in [-0.25, -0.2) is 14.6 Å². The number of amides is 2. The van der Waals surface area contributed by atoms with Crippen LogP contribution in [-0.4, -0.2) is 52.4 Å². The zero-order valence-electron chi connectivity index (χ0n) is 12.7. The van der Waals surface area contributed by atoms with E-state index in [1.807, 2.05) is 5.32 Å². The molecule has 4 N–H and O–H groups in total. The third-order valence-corrected chi connectivity index (χ3v) is 2.28. The van der Waals surface area contributed by atoms with Crippen molar-refractivity contribution >= 4 is 47.1 Å². The minimum Gasteiger partial charge on any atom is -0.459 e. The van der Waals surface area contributed by atoms with Crippen LogP contribution >= 0.6 is 11.6 Å². The molecule has 0 bridgehead atoms. The molecule has 1 aromatic rings. The normalized spacial score (nSPS) is 9.29. The average molecular weight is 363 g/mol. The van der Waals surface area contributed by atoms with Gasteiger partial charge in [-0.05, 0) is 13.8 Å². The van der Waals surface area contributed by atoms with Gasteiger partial charge in [-0.15, -0.1) is 0 Å². The highest BCUT2D eigenvalue weighted by atomic mass is 35.5. The van der Waals surface area contributed by atoms with Crippen molar-refractivity contribution < 1.29 is 34.1 Å². The smallest absolute Gasteiger partial charge is 0.397 e. The first kappa shape index (κ1) is 21.2. The van der Waals surface area contributed by atoms with E-state index >= 15 is 0 Å². The molecule has 0 aromatic carbocycles. The Hall–Kier alpha value is -2.79. The van der Waals surface area contributed by atoms with E-state index in [2.05, 4.69) is 24.8 Å². The minimum atomic E-state index is -1.13. The summed E-state index contributed by atoms with van der Waals surface area (Å²) in [5.74, 6) is -4.95. The van der Waals surface area contributed by atoms with Gasteiger partial charge in [0.25, 0.3) is 0 Å². The number of hydrogen-bond acceptors (Lipinski definition) is 8. The lowest BCUT2D eigenvalue weighted by Gasteiger charge is -2.07. The van der Waals surface area contributed by atoms with Crippen molar-refractivity contribution in [3.8, 4) is 0 Å². The third-order valence-electron chi connectivity index (χ3n) is 2.08. The Morgan fingerprint density at radius 2 is 1.50 bits per heavy atom. The SMILES string of the molecule is CCOC(=O)C(=O)Nc1cc(Cl)nc(NC(=O)C(=O)OCC)n1.O. The number of nitrogens with zero attached hydrogens (tertiary/aromatic N) is 2. The lowest BCUT2D eigenvalue weighted by atomic mass is 10.5. The number of hydrogen-bond donors (Lipinski definition) is 2. The zero-order chi connectivity index (χ0) is 17.4. The molecule has 132 valence electrons. The first-order chi connectivity index (χ1) is 10.9. The summed E-state index contributed by atoms with van der Waals surface area (Å²) in [4.78, 5) is 52.8. The number of esters is 2. The maximum atomic E-state index is 11.5. The van der Waals surface area contributed by atoms with Crippen LogP contribution in [0.3, 0.4) is 0 Å². The molecular weight excluding hydrogens is 348 g/mol. The fraction of sp³-hybridized carbons (Fsp3) is 0.333. The highest BCUT2D eigenvalue weighted by molar-refractivity contribution is 6.38. The summed E-state index contributed by atoms with van der Waals surface area (Å²) >= 11 is 5.71. The first-order valence-electron chi connectivity index (χ1n) is 6.38. The van der Waals surface area contributed by atoms with Gasteiger partial charge in [0.1, 0.15) is 11.0 Å². The minimum absolute atomic E-state index is 0. The molecule has 1 rings (SSSR count). The van der Waals surface area contributed by atoms with Gasteiger partial charge >= 0.3 is 23.8 Å². The van der Waals surface area contributed by atoms with Gasteiger partial charge in [0.2, 0.25) is 5.95 Å². The predicted octanol–water partition coefficient (Wildman–Crippen LogP) is -0.692. The molecule has 24 heavy (non-hydrogen) atoms. The first-order valence-corrected chi connectivity index (χ1v) is 6.76. The van der Waals surface area contributed by atoms with Crippen LogP contribution in [0.1, 0.15) is 13.8 Å². The Morgan fingerprint density at radius 3 is 2.00 bits per heavy atom. The quantitative estimate of drug-likeness (QED) is 0.402. The van der Waals surface area contributed by atoms with E-state index < -0.39 is 23.8 Å². The summed E-state index contributed by atoms with van der Waals surface area (Å²) in [6.07, 6.45) is 0. The van der Waals surface area contributed by atoms with Crippen LogP contribution in [0.2, 0.25) is 5.15 Å². The fourth-order valence-electron chi connectivity index (χ4n) is 1.25. The van der Waals surface area contributed by atoms with E-state index in [0.29, 0.717) is 0 Å². The molecular formula is C12H15ClN4O7. The molecule has 0 aliphatic rings. The molecule has 0 fully saturated rings. The van der Waals surface area contributed by atoms with Gasteiger partial charge < -0.3 is 20.3 Å². The van der Waals surface area contributed by atoms with Crippen LogP contribution in [-0.2, 0) is 28.7 Å². The lowest BCUT2D eigenvalue weighted by molar-refractivity contribution is -0.152. The van der Waals surface area contributed by atoms with Gasteiger partial charge in [0, 0.05) is 6.07 Å². The monoisotopic (exact) mass is 362 g/mol. The molecule has 0 spiro atoms. The summed E-state index contributed by atoms with van der Waals surface area (Å²) in [6, 6.07) is 1.14. The molecule has 12 heteroatoms. The Morgan fingerprint density at radius 1 is 1.00 bits per heavy atom. The number of carbonyl (C=O) groups excluding carboxylic acids is 4. The largest absolute Gasteiger partial charge is 0.459 e. The lowest BCUT2D eigenvalue weighted by Crippen LogP contribution is -2.27. The highest BCUT2D eigenvalue weighted by Crippen LogP contribution is 2.14. The molecule has 0 saturated heterocycles. The Bertz CT molecular complexity index is 588. The van der Waals surface area contributed by atoms with Gasteiger partial charge in [-0.1, -0.05) is 11.6 Å². The number of ether oxygens (including phenoxy) is 2. The number of rotatable bonds is 4. The Balaban J connectivity index is 0.00000529. The second-order valence-corrected chi connectivity index (χ2v) is 4.14. The number of carbonyl (C=O) groups is 4. The topological polar surface area (TPSA) is 168 Å². The molecule has 11 nitrogen and oxygen atoms in total. The van der Waals surface area contributed by atoms with E-state index in [9.17, 15) is 19.2 Å². The number of aromatic nitrogens is 2.